The van der Waals surface area contributed by atoms with Gasteiger partial charge >= 0.3 is 0 Å². The standard InChI is InChI=1S/C20H25N3O3/c1-14(2)26-19-8-4-3-7-17(19)23-15-9-10-21-18(12-15)20(24)22-13-16-6-5-11-25-16/h3-4,7-10,12,14,16H,5-6,11,13H2,1-2H3,(H,21,23)(H,22,24). The van der Waals surface area contributed by atoms with E-state index in [0.29, 0.717) is 12.2 Å². The van der Waals surface area contributed by atoms with Gasteiger partial charge in [0.1, 0.15) is 11.4 Å². The average molecular weight is 355 g/mol. The summed E-state index contributed by atoms with van der Waals surface area (Å²) in [6.07, 6.45) is 3.85. The van der Waals surface area contributed by atoms with Crippen LogP contribution in [0.1, 0.15) is 37.2 Å². The summed E-state index contributed by atoms with van der Waals surface area (Å²) in [5.74, 6) is 0.569. The van der Waals surface area contributed by atoms with Crippen molar-refractivity contribution in [2.45, 2.75) is 38.9 Å². The molecular weight excluding hydrogens is 330 g/mol. The number of aromatic nitrogens is 1. The number of para-hydroxylation sites is 2. The Labute approximate surface area is 153 Å². The molecule has 26 heavy (non-hydrogen) atoms. The zero-order chi connectivity index (χ0) is 18.4. The van der Waals surface area contributed by atoms with Crippen molar-refractivity contribution in [3.8, 4) is 5.75 Å². The van der Waals surface area contributed by atoms with Gasteiger partial charge in [0, 0.05) is 25.0 Å². The highest BCUT2D eigenvalue weighted by Crippen LogP contribution is 2.28. The second-order valence-electron chi connectivity index (χ2n) is 6.56. The number of rotatable bonds is 7. The van der Waals surface area contributed by atoms with E-state index < -0.39 is 0 Å². The summed E-state index contributed by atoms with van der Waals surface area (Å²) < 4.78 is 11.3. The van der Waals surface area contributed by atoms with Gasteiger partial charge in [-0.15, -0.1) is 0 Å². The number of carbonyl (C=O) groups is 1. The number of nitrogens with zero attached hydrogens (tertiary/aromatic N) is 1. The lowest BCUT2D eigenvalue weighted by molar-refractivity contribution is 0.0854. The molecule has 1 fully saturated rings. The number of hydrogen-bond donors (Lipinski definition) is 2. The molecule has 2 heterocycles. The van der Waals surface area contributed by atoms with E-state index in [0.717, 1.165) is 36.6 Å². The van der Waals surface area contributed by atoms with Gasteiger partial charge in [0.15, 0.2) is 0 Å². The fraction of sp³-hybridized carbons (Fsp3) is 0.400. The van der Waals surface area contributed by atoms with Crippen molar-refractivity contribution in [1.82, 2.24) is 10.3 Å². The number of anilines is 2. The number of hydrogen-bond acceptors (Lipinski definition) is 5. The molecule has 6 nitrogen and oxygen atoms in total. The zero-order valence-corrected chi connectivity index (χ0v) is 15.2. The van der Waals surface area contributed by atoms with E-state index in [9.17, 15) is 4.79 Å². The SMILES string of the molecule is CC(C)Oc1ccccc1Nc1ccnc(C(=O)NCC2CCCO2)c1. The van der Waals surface area contributed by atoms with Crippen LogP contribution in [-0.2, 0) is 4.74 Å². The normalized spacial score (nSPS) is 16.5. The molecule has 1 aliphatic rings. The molecule has 1 unspecified atom stereocenters. The van der Waals surface area contributed by atoms with Crippen molar-refractivity contribution >= 4 is 17.3 Å². The van der Waals surface area contributed by atoms with Gasteiger partial charge in [-0.25, -0.2) is 0 Å². The number of benzene rings is 1. The maximum Gasteiger partial charge on any atom is 0.270 e. The molecule has 0 saturated carbocycles. The Hall–Kier alpha value is -2.60. The molecule has 1 saturated heterocycles. The number of pyridine rings is 1. The first-order valence-electron chi connectivity index (χ1n) is 9.00. The summed E-state index contributed by atoms with van der Waals surface area (Å²) >= 11 is 0. The molecule has 138 valence electrons. The Morgan fingerprint density at radius 2 is 2.19 bits per heavy atom. The maximum absolute atomic E-state index is 12.3. The van der Waals surface area contributed by atoms with E-state index in [2.05, 4.69) is 15.6 Å². The third-order valence-electron chi connectivity index (χ3n) is 4.04. The van der Waals surface area contributed by atoms with E-state index in [-0.39, 0.29) is 18.1 Å². The molecule has 0 bridgehead atoms. The Morgan fingerprint density at radius 3 is 2.96 bits per heavy atom. The highest BCUT2D eigenvalue weighted by molar-refractivity contribution is 5.93. The maximum atomic E-state index is 12.3. The minimum Gasteiger partial charge on any atom is -0.489 e. The monoisotopic (exact) mass is 355 g/mol. The highest BCUT2D eigenvalue weighted by atomic mass is 16.5. The van der Waals surface area contributed by atoms with Crippen LogP contribution in [-0.4, -0.2) is 36.3 Å². The highest BCUT2D eigenvalue weighted by Gasteiger charge is 2.17. The molecule has 1 amide bonds. The molecule has 2 N–H and O–H groups in total. The van der Waals surface area contributed by atoms with Crippen molar-refractivity contribution < 1.29 is 14.3 Å². The van der Waals surface area contributed by atoms with Crippen molar-refractivity contribution in [2.24, 2.45) is 0 Å². The summed E-state index contributed by atoms with van der Waals surface area (Å²) in [5, 5.41) is 6.19. The Morgan fingerprint density at radius 1 is 1.35 bits per heavy atom. The number of carbonyl (C=O) groups excluding carboxylic acids is 1. The van der Waals surface area contributed by atoms with Gasteiger partial charge in [-0.05, 0) is 51.0 Å². The molecule has 1 aliphatic heterocycles. The van der Waals surface area contributed by atoms with Crippen LogP contribution in [0.4, 0.5) is 11.4 Å². The van der Waals surface area contributed by atoms with Gasteiger partial charge in [0.25, 0.3) is 5.91 Å². The third-order valence-corrected chi connectivity index (χ3v) is 4.04. The predicted molar refractivity (Wildman–Crippen MR) is 101 cm³/mol. The second kappa shape index (κ2) is 8.67. The van der Waals surface area contributed by atoms with Gasteiger partial charge in [-0.1, -0.05) is 12.1 Å². The van der Waals surface area contributed by atoms with Crippen molar-refractivity contribution in [1.29, 1.82) is 0 Å². The van der Waals surface area contributed by atoms with Crippen LogP contribution in [0.15, 0.2) is 42.6 Å². The molecule has 2 aromatic rings. The molecule has 0 radical (unpaired) electrons. The van der Waals surface area contributed by atoms with Crippen molar-refractivity contribution in [3.63, 3.8) is 0 Å². The van der Waals surface area contributed by atoms with E-state index >= 15 is 0 Å². The smallest absolute Gasteiger partial charge is 0.270 e. The van der Waals surface area contributed by atoms with Gasteiger partial charge in [-0.2, -0.15) is 0 Å². The first-order chi connectivity index (χ1) is 12.6. The van der Waals surface area contributed by atoms with Crippen LogP contribution in [0.3, 0.4) is 0 Å². The Balaban J connectivity index is 1.66. The number of amides is 1. The fourth-order valence-corrected chi connectivity index (χ4v) is 2.82. The predicted octanol–water partition coefficient (Wildman–Crippen LogP) is 3.52. The minimum absolute atomic E-state index is 0.0783. The lowest BCUT2D eigenvalue weighted by Gasteiger charge is -2.16. The van der Waals surface area contributed by atoms with Crippen molar-refractivity contribution in [2.75, 3.05) is 18.5 Å². The molecule has 0 spiro atoms. The second-order valence-corrected chi connectivity index (χ2v) is 6.56. The quantitative estimate of drug-likeness (QED) is 0.795. The van der Waals surface area contributed by atoms with Crippen LogP contribution in [0.2, 0.25) is 0 Å². The number of ether oxygens (including phenoxy) is 2. The zero-order valence-electron chi connectivity index (χ0n) is 15.2. The van der Waals surface area contributed by atoms with E-state index in [1.807, 2.05) is 44.2 Å². The summed E-state index contributed by atoms with van der Waals surface area (Å²) in [4.78, 5) is 16.5. The van der Waals surface area contributed by atoms with Crippen LogP contribution in [0.25, 0.3) is 0 Å². The average Bonchev–Trinajstić information content (AvgIpc) is 3.15. The van der Waals surface area contributed by atoms with Crippen LogP contribution in [0.5, 0.6) is 5.75 Å². The molecule has 1 atom stereocenters. The Kier molecular flexibility index (Phi) is 6.07. The molecule has 6 heteroatoms. The van der Waals surface area contributed by atoms with Crippen LogP contribution >= 0.6 is 0 Å². The molecule has 0 aliphatic carbocycles. The first kappa shape index (κ1) is 18.2. The molecule has 1 aromatic carbocycles. The largest absolute Gasteiger partial charge is 0.489 e. The van der Waals surface area contributed by atoms with E-state index in [1.54, 1.807) is 12.3 Å². The van der Waals surface area contributed by atoms with Gasteiger partial charge < -0.3 is 20.1 Å². The first-order valence-corrected chi connectivity index (χ1v) is 9.00. The molecular formula is C20H25N3O3. The van der Waals surface area contributed by atoms with Crippen LogP contribution in [0, 0.1) is 0 Å². The summed E-state index contributed by atoms with van der Waals surface area (Å²) in [5.41, 5.74) is 2.00. The van der Waals surface area contributed by atoms with E-state index in [1.165, 1.54) is 0 Å². The molecule has 1 aromatic heterocycles. The number of nitrogens with one attached hydrogen (secondary N) is 2. The topological polar surface area (TPSA) is 72.5 Å². The van der Waals surface area contributed by atoms with Gasteiger partial charge in [0.05, 0.1) is 17.9 Å². The third kappa shape index (κ3) is 4.95. The lowest BCUT2D eigenvalue weighted by Crippen LogP contribution is -2.32. The van der Waals surface area contributed by atoms with Crippen molar-refractivity contribution in [3.05, 3.63) is 48.3 Å². The van der Waals surface area contributed by atoms with Crippen LogP contribution < -0.4 is 15.4 Å². The lowest BCUT2D eigenvalue weighted by atomic mass is 10.2. The fourth-order valence-electron chi connectivity index (χ4n) is 2.82. The molecule has 3 rings (SSSR count). The summed E-state index contributed by atoms with van der Waals surface area (Å²) in [7, 11) is 0. The van der Waals surface area contributed by atoms with Gasteiger partial charge in [0.2, 0.25) is 0 Å². The van der Waals surface area contributed by atoms with Gasteiger partial charge in [-0.3, -0.25) is 9.78 Å². The summed E-state index contributed by atoms with van der Waals surface area (Å²) in [6.45, 7) is 5.26. The Bertz CT molecular complexity index is 743. The minimum atomic E-state index is -0.198. The van der Waals surface area contributed by atoms with E-state index in [4.69, 9.17) is 9.47 Å². The summed E-state index contributed by atoms with van der Waals surface area (Å²) in [6, 6.07) is 11.3.